The molecule has 4 nitrogen and oxygen atoms in total. The Balaban J connectivity index is 2.21. The molecule has 0 saturated carbocycles. The van der Waals surface area contributed by atoms with E-state index < -0.39 is 0 Å². The second-order valence-corrected chi connectivity index (χ2v) is 4.76. The highest BCUT2D eigenvalue weighted by Crippen LogP contribution is 2.27. The Labute approximate surface area is 107 Å². The van der Waals surface area contributed by atoms with E-state index in [0.29, 0.717) is 13.0 Å². The lowest BCUT2D eigenvalue weighted by atomic mass is 10.1. The monoisotopic (exact) mass is 245 g/mol. The lowest BCUT2D eigenvalue weighted by Crippen LogP contribution is -2.20. The first kappa shape index (κ1) is 12.6. The van der Waals surface area contributed by atoms with E-state index in [1.54, 1.807) is 0 Å². The second-order valence-electron chi connectivity index (χ2n) is 4.76. The zero-order valence-electron chi connectivity index (χ0n) is 10.8. The third-order valence-electron chi connectivity index (χ3n) is 3.09. The molecule has 0 bridgehead atoms. The van der Waals surface area contributed by atoms with Gasteiger partial charge in [0, 0.05) is 23.0 Å². The number of hydrogen-bond acceptors (Lipinski definition) is 2. The van der Waals surface area contributed by atoms with Crippen molar-refractivity contribution in [3.05, 3.63) is 30.0 Å². The first-order chi connectivity index (χ1) is 8.61. The number of anilines is 1. The van der Waals surface area contributed by atoms with Crippen LogP contribution in [0.2, 0.25) is 0 Å². The van der Waals surface area contributed by atoms with Gasteiger partial charge in [-0.3, -0.25) is 4.79 Å². The van der Waals surface area contributed by atoms with Crippen LogP contribution in [-0.4, -0.2) is 17.4 Å². The summed E-state index contributed by atoms with van der Waals surface area (Å²) in [6.45, 7) is 4.46. The van der Waals surface area contributed by atoms with Gasteiger partial charge in [0.2, 0.25) is 5.91 Å². The van der Waals surface area contributed by atoms with Gasteiger partial charge in [-0.2, -0.15) is 0 Å². The molecular formula is C14H19N3O. The Bertz CT molecular complexity index is 559. The summed E-state index contributed by atoms with van der Waals surface area (Å²) in [5.74, 6) is 0.219. The van der Waals surface area contributed by atoms with Gasteiger partial charge in [0.05, 0.1) is 5.69 Å². The third-order valence-corrected chi connectivity index (χ3v) is 3.09. The molecule has 18 heavy (non-hydrogen) atoms. The minimum absolute atomic E-state index is 0.0146. The van der Waals surface area contributed by atoms with Crippen molar-refractivity contribution in [1.29, 1.82) is 0 Å². The van der Waals surface area contributed by atoms with Gasteiger partial charge in [-0.05, 0) is 25.5 Å². The van der Waals surface area contributed by atoms with E-state index in [-0.39, 0.29) is 11.8 Å². The van der Waals surface area contributed by atoms with Crippen LogP contribution in [0.15, 0.2) is 24.3 Å². The van der Waals surface area contributed by atoms with E-state index >= 15 is 0 Å². The smallest absolute Gasteiger partial charge is 0.224 e. The first-order valence-corrected chi connectivity index (χ1v) is 6.19. The highest BCUT2D eigenvalue weighted by Gasteiger charge is 2.12. The summed E-state index contributed by atoms with van der Waals surface area (Å²) in [5.41, 5.74) is 8.42. The van der Waals surface area contributed by atoms with Gasteiger partial charge < -0.3 is 16.0 Å². The van der Waals surface area contributed by atoms with Crippen LogP contribution >= 0.6 is 0 Å². The maximum Gasteiger partial charge on any atom is 0.224 e. The SMILES string of the molecule is Cc1[nH]c2ccccc2c1NC(=O)CC(C)CN. The quantitative estimate of drug-likeness (QED) is 0.774. The molecule has 1 atom stereocenters. The molecule has 0 aliphatic carbocycles. The molecule has 4 heteroatoms. The average molecular weight is 245 g/mol. The molecule has 0 aliphatic rings. The van der Waals surface area contributed by atoms with Crippen molar-refractivity contribution in [2.24, 2.45) is 11.7 Å². The number of carbonyl (C=O) groups is 1. The van der Waals surface area contributed by atoms with Crippen molar-refractivity contribution < 1.29 is 4.79 Å². The molecule has 2 rings (SSSR count). The second kappa shape index (κ2) is 5.23. The molecule has 0 fully saturated rings. The number of carbonyl (C=O) groups excluding carboxylic acids is 1. The van der Waals surface area contributed by atoms with Crippen LogP contribution in [0.5, 0.6) is 0 Å². The lowest BCUT2D eigenvalue weighted by Gasteiger charge is -2.09. The molecular weight excluding hydrogens is 226 g/mol. The van der Waals surface area contributed by atoms with Gasteiger partial charge in [0.15, 0.2) is 0 Å². The van der Waals surface area contributed by atoms with E-state index in [1.165, 1.54) is 0 Å². The predicted molar refractivity (Wildman–Crippen MR) is 74.5 cm³/mol. The fourth-order valence-electron chi connectivity index (χ4n) is 2.03. The Morgan fingerprint density at radius 3 is 2.89 bits per heavy atom. The molecule has 1 aromatic carbocycles. The van der Waals surface area contributed by atoms with E-state index in [2.05, 4.69) is 10.3 Å². The van der Waals surface area contributed by atoms with Crippen molar-refractivity contribution in [1.82, 2.24) is 4.98 Å². The summed E-state index contributed by atoms with van der Waals surface area (Å²) in [7, 11) is 0. The molecule has 0 spiro atoms. The van der Waals surface area contributed by atoms with Crippen LogP contribution < -0.4 is 11.1 Å². The number of aryl methyl sites for hydroxylation is 1. The van der Waals surface area contributed by atoms with Gasteiger partial charge in [-0.15, -0.1) is 0 Å². The van der Waals surface area contributed by atoms with E-state index in [0.717, 1.165) is 22.3 Å². The minimum atomic E-state index is 0.0146. The number of aromatic nitrogens is 1. The Kier molecular flexibility index (Phi) is 3.67. The maximum absolute atomic E-state index is 11.9. The summed E-state index contributed by atoms with van der Waals surface area (Å²) in [6.07, 6.45) is 0.454. The number of rotatable bonds is 4. The lowest BCUT2D eigenvalue weighted by molar-refractivity contribution is -0.116. The number of benzene rings is 1. The zero-order valence-corrected chi connectivity index (χ0v) is 10.8. The summed E-state index contributed by atoms with van der Waals surface area (Å²) < 4.78 is 0. The molecule has 0 saturated heterocycles. The van der Waals surface area contributed by atoms with Crippen molar-refractivity contribution >= 4 is 22.5 Å². The van der Waals surface area contributed by atoms with Crippen LogP contribution in [0.3, 0.4) is 0 Å². The summed E-state index contributed by atoms with van der Waals surface area (Å²) in [6, 6.07) is 7.94. The van der Waals surface area contributed by atoms with Crippen LogP contribution in [-0.2, 0) is 4.79 Å². The standard InChI is InChI=1S/C14H19N3O/c1-9(8-15)7-13(18)17-14-10(2)16-12-6-4-3-5-11(12)14/h3-6,9,16H,7-8,15H2,1-2H3,(H,17,18). The summed E-state index contributed by atoms with van der Waals surface area (Å²) in [4.78, 5) is 15.2. The normalized spacial score (nSPS) is 12.6. The van der Waals surface area contributed by atoms with Crippen LogP contribution in [0.1, 0.15) is 19.0 Å². The van der Waals surface area contributed by atoms with E-state index in [9.17, 15) is 4.79 Å². The number of nitrogens with two attached hydrogens (primary N) is 1. The van der Waals surface area contributed by atoms with Gasteiger partial charge >= 0.3 is 0 Å². The number of H-pyrrole nitrogens is 1. The van der Waals surface area contributed by atoms with Crippen LogP contribution in [0.25, 0.3) is 10.9 Å². The highest BCUT2D eigenvalue weighted by molar-refractivity contribution is 6.03. The molecule has 0 aliphatic heterocycles. The Morgan fingerprint density at radius 2 is 2.17 bits per heavy atom. The summed E-state index contributed by atoms with van der Waals surface area (Å²) >= 11 is 0. The van der Waals surface area contributed by atoms with E-state index in [4.69, 9.17) is 5.73 Å². The number of nitrogens with one attached hydrogen (secondary N) is 2. The van der Waals surface area contributed by atoms with Crippen LogP contribution in [0, 0.1) is 12.8 Å². The van der Waals surface area contributed by atoms with Crippen molar-refractivity contribution in [2.45, 2.75) is 20.3 Å². The van der Waals surface area contributed by atoms with Crippen molar-refractivity contribution in [3.63, 3.8) is 0 Å². The van der Waals surface area contributed by atoms with Crippen molar-refractivity contribution in [2.75, 3.05) is 11.9 Å². The molecule has 2 aromatic rings. The molecule has 1 aromatic heterocycles. The number of amides is 1. The minimum Gasteiger partial charge on any atom is -0.357 e. The number of fused-ring (bicyclic) bond motifs is 1. The average Bonchev–Trinajstić information content (AvgIpc) is 2.66. The van der Waals surface area contributed by atoms with E-state index in [1.807, 2.05) is 38.1 Å². The molecule has 4 N–H and O–H groups in total. The number of aromatic amines is 1. The molecule has 1 amide bonds. The molecule has 96 valence electrons. The van der Waals surface area contributed by atoms with Crippen molar-refractivity contribution in [3.8, 4) is 0 Å². The van der Waals surface area contributed by atoms with Crippen LogP contribution in [0.4, 0.5) is 5.69 Å². The molecule has 0 radical (unpaired) electrons. The third kappa shape index (κ3) is 2.54. The highest BCUT2D eigenvalue weighted by atomic mass is 16.1. The fourth-order valence-corrected chi connectivity index (χ4v) is 2.03. The zero-order chi connectivity index (χ0) is 13.1. The Hall–Kier alpha value is -1.81. The first-order valence-electron chi connectivity index (χ1n) is 6.19. The fraction of sp³-hybridized carbons (Fsp3) is 0.357. The molecule has 1 heterocycles. The number of hydrogen-bond donors (Lipinski definition) is 3. The largest absolute Gasteiger partial charge is 0.357 e. The topological polar surface area (TPSA) is 70.9 Å². The molecule has 1 unspecified atom stereocenters. The summed E-state index contributed by atoms with van der Waals surface area (Å²) in [5, 5.41) is 4.02. The van der Waals surface area contributed by atoms with Gasteiger partial charge in [-0.1, -0.05) is 25.1 Å². The van der Waals surface area contributed by atoms with Gasteiger partial charge in [0.1, 0.15) is 0 Å². The maximum atomic E-state index is 11.9. The van der Waals surface area contributed by atoms with Gasteiger partial charge in [0.25, 0.3) is 0 Å². The Morgan fingerprint density at radius 1 is 1.44 bits per heavy atom. The number of para-hydroxylation sites is 1. The van der Waals surface area contributed by atoms with Gasteiger partial charge in [-0.25, -0.2) is 0 Å². The predicted octanol–water partition coefficient (Wildman–Crippen LogP) is 2.40.